The van der Waals surface area contributed by atoms with Gasteiger partial charge in [0.15, 0.2) is 5.78 Å². The van der Waals surface area contributed by atoms with Gasteiger partial charge in [-0.2, -0.15) is 5.26 Å². The van der Waals surface area contributed by atoms with Gasteiger partial charge in [-0.05, 0) is 12.8 Å². The van der Waals surface area contributed by atoms with Crippen LogP contribution in [0.2, 0.25) is 0 Å². The summed E-state index contributed by atoms with van der Waals surface area (Å²) < 4.78 is 12.1. The molecule has 2 nitrogen and oxygen atoms in total. The van der Waals surface area contributed by atoms with Gasteiger partial charge in [-0.1, -0.05) is 0 Å². The molecule has 3 heteroatoms. The second-order valence-electron chi connectivity index (χ2n) is 2.17. The van der Waals surface area contributed by atoms with E-state index in [0.29, 0.717) is 0 Å². The Hall–Kier alpha value is -0.910. The van der Waals surface area contributed by atoms with Gasteiger partial charge < -0.3 is 0 Å². The van der Waals surface area contributed by atoms with Crippen LogP contribution >= 0.6 is 0 Å². The van der Waals surface area contributed by atoms with E-state index in [0.717, 1.165) is 12.8 Å². The van der Waals surface area contributed by atoms with Crippen molar-refractivity contribution in [3.63, 3.8) is 0 Å². The number of halogens is 1. The maximum atomic E-state index is 12.1. The number of carbonyl (C=O) groups is 1. The molecule has 0 heterocycles. The van der Waals surface area contributed by atoms with Gasteiger partial charge in [0.2, 0.25) is 6.17 Å². The summed E-state index contributed by atoms with van der Waals surface area (Å²) in [5, 5.41) is 7.94. The lowest BCUT2D eigenvalue weighted by Gasteiger charge is -1.91. The smallest absolute Gasteiger partial charge is 0.243 e. The largest absolute Gasteiger partial charge is 0.295 e. The molecule has 1 fully saturated rings. The van der Waals surface area contributed by atoms with Gasteiger partial charge in [0.05, 0.1) is 0 Å². The molecular formula is C6H6FNO. The Morgan fingerprint density at radius 1 is 1.78 bits per heavy atom. The van der Waals surface area contributed by atoms with E-state index in [4.69, 9.17) is 5.26 Å². The lowest BCUT2D eigenvalue weighted by atomic mass is 10.2. The van der Waals surface area contributed by atoms with Gasteiger partial charge >= 0.3 is 0 Å². The van der Waals surface area contributed by atoms with Crippen molar-refractivity contribution in [2.75, 3.05) is 0 Å². The van der Waals surface area contributed by atoms with Crippen molar-refractivity contribution >= 4 is 5.78 Å². The lowest BCUT2D eigenvalue weighted by molar-refractivity contribution is -0.123. The molecule has 0 aromatic rings. The molecule has 0 bridgehead atoms. The predicted molar refractivity (Wildman–Crippen MR) is 28.2 cm³/mol. The van der Waals surface area contributed by atoms with Crippen LogP contribution in [0, 0.1) is 17.2 Å². The normalized spacial score (nSPS) is 20.4. The number of rotatable bonds is 2. The highest BCUT2D eigenvalue weighted by molar-refractivity contribution is 5.89. The number of hydrogen-bond acceptors (Lipinski definition) is 2. The molecule has 1 saturated carbocycles. The summed E-state index contributed by atoms with van der Waals surface area (Å²) >= 11 is 0. The van der Waals surface area contributed by atoms with Crippen LogP contribution in [0.15, 0.2) is 0 Å². The maximum absolute atomic E-state index is 12.1. The summed E-state index contributed by atoms with van der Waals surface area (Å²) in [4.78, 5) is 10.5. The summed E-state index contributed by atoms with van der Waals surface area (Å²) in [6.07, 6.45) is -0.348. The van der Waals surface area contributed by atoms with Crippen LogP contribution in [0.5, 0.6) is 0 Å². The molecule has 1 aliphatic carbocycles. The molecular weight excluding hydrogens is 121 g/mol. The molecule has 0 N–H and O–H groups in total. The third-order valence-corrected chi connectivity index (χ3v) is 1.34. The number of ketones is 1. The molecule has 0 saturated heterocycles. The van der Waals surface area contributed by atoms with E-state index in [1.54, 1.807) is 0 Å². The van der Waals surface area contributed by atoms with Crippen molar-refractivity contribution < 1.29 is 9.18 Å². The Balaban J connectivity index is 2.42. The van der Waals surface area contributed by atoms with E-state index in [2.05, 4.69) is 0 Å². The average Bonchev–Trinajstić information content (AvgIpc) is 2.66. The fourth-order valence-corrected chi connectivity index (χ4v) is 0.638. The number of alkyl halides is 1. The van der Waals surface area contributed by atoms with E-state index in [1.807, 2.05) is 0 Å². The van der Waals surface area contributed by atoms with Crippen molar-refractivity contribution in [3.8, 4) is 6.07 Å². The minimum Gasteiger partial charge on any atom is -0.295 e. The first-order valence-corrected chi connectivity index (χ1v) is 2.83. The standard InChI is InChI=1S/C6H6FNO/c7-5(3-8)6(9)4-1-2-4/h4-5H,1-2H2. The molecule has 1 rings (SSSR count). The first-order chi connectivity index (χ1) is 4.25. The Morgan fingerprint density at radius 2 is 2.33 bits per heavy atom. The zero-order valence-electron chi connectivity index (χ0n) is 4.80. The second-order valence-corrected chi connectivity index (χ2v) is 2.17. The number of Topliss-reactive ketones (excluding diaryl/α,β-unsaturated/α-hetero) is 1. The predicted octanol–water partition coefficient (Wildman–Crippen LogP) is 0.827. The summed E-state index contributed by atoms with van der Waals surface area (Å²) in [6, 6.07) is 1.27. The van der Waals surface area contributed by atoms with Crippen LogP contribution in [0.3, 0.4) is 0 Å². The Labute approximate surface area is 52.3 Å². The molecule has 48 valence electrons. The molecule has 1 atom stereocenters. The Morgan fingerprint density at radius 3 is 2.67 bits per heavy atom. The van der Waals surface area contributed by atoms with Gasteiger partial charge in [0, 0.05) is 5.92 Å². The molecule has 0 aromatic heterocycles. The minimum atomic E-state index is -1.88. The zero-order valence-corrected chi connectivity index (χ0v) is 4.80. The molecule has 0 aliphatic heterocycles. The van der Waals surface area contributed by atoms with Crippen LogP contribution in [-0.4, -0.2) is 12.0 Å². The Kier molecular flexibility index (Phi) is 1.48. The van der Waals surface area contributed by atoms with Crippen molar-refractivity contribution in [3.05, 3.63) is 0 Å². The van der Waals surface area contributed by atoms with Crippen LogP contribution in [0.25, 0.3) is 0 Å². The topological polar surface area (TPSA) is 40.9 Å². The highest BCUT2D eigenvalue weighted by Crippen LogP contribution is 2.31. The average molecular weight is 127 g/mol. The molecule has 0 aromatic carbocycles. The summed E-state index contributed by atoms with van der Waals surface area (Å²) in [7, 11) is 0. The van der Waals surface area contributed by atoms with Gasteiger partial charge in [0.25, 0.3) is 0 Å². The van der Waals surface area contributed by atoms with Gasteiger partial charge in [-0.25, -0.2) is 4.39 Å². The van der Waals surface area contributed by atoms with Crippen molar-refractivity contribution in [1.29, 1.82) is 5.26 Å². The minimum absolute atomic E-state index is 0.139. The monoisotopic (exact) mass is 127 g/mol. The maximum Gasteiger partial charge on any atom is 0.243 e. The third-order valence-electron chi connectivity index (χ3n) is 1.34. The third kappa shape index (κ3) is 1.26. The SMILES string of the molecule is N#CC(F)C(=O)C1CC1. The van der Waals surface area contributed by atoms with Gasteiger partial charge in [0.1, 0.15) is 6.07 Å². The van der Waals surface area contributed by atoms with Crippen LogP contribution in [-0.2, 0) is 4.79 Å². The molecule has 1 aliphatic rings. The van der Waals surface area contributed by atoms with E-state index in [-0.39, 0.29) is 5.92 Å². The van der Waals surface area contributed by atoms with Gasteiger partial charge in [-0.15, -0.1) is 0 Å². The molecule has 0 radical (unpaired) electrons. The van der Waals surface area contributed by atoms with Crippen molar-refractivity contribution in [2.24, 2.45) is 5.92 Å². The Bertz CT molecular complexity index is 168. The van der Waals surface area contributed by atoms with Crippen molar-refractivity contribution in [2.45, 2.75) is 19.0 Å². The molecule has 1 unspecified atom stereocenters. The number of carbonyl (C=O) groups excluding carboxylic acids is 1. The molecule has 0 amide bonds. The van der Waals surface area contributed by atoms with E-state index >= 15 is 0 Å². The van der Waals surface area contributed by atoms with Crippen LogP contribution in [0.1, 0.15) is 12.8 Å². The first kappa shape index (κ1) is 6.21. The molecule has 0 spiro atoms. The van der Waals surface area contributed by atoms with E-state index < -0.39 is 12.0 Å². The molecule has 9 heavy (non-hydrogen) atoms. The van der Waals surface area contributed by atoms with Crippen molar-refractivity contribution in [1.82, 2.24) is 0 Å². The van der Waals surface area contributed by atoms with Crippen LogP contribution in [0.4, 0.5) is 4.39 Å². The second kappa shape index (κ2) is 2.14. The van der Waals surface area contributed by atoms with E-state index in [9.17, 15) is 9.18 Å². The fraction of sp³-hybridized carbons (Fsp3) is 0.667. The highest BCUT2D eigenvalue weighted by Gasteiger charge is 2.34. The zero-order chi connectivity index (χ0) is 6.85. The lowest BCUT2D eigenvalue weighted by Crippen LogP contribution is -2.14. The van der Waals surface area contributed by atoms with Crippen LogP contribution < -0.4 is 0 Å². The fourth-order valence-electron chi connectivity index (χ4n) is 0.638. The van der Waals surface area contributed by atoms with E-state index in [1.165, 1.54) is 6.07 Å². The highest BCUT2D eigenvalue weighted by atomic mass is 19.1. The quantitative estimate of drug-likeness (QED) is 0.551. The summed E-state index contributed by atoms with van der Waals surface area (Å²) in [5.74, 6) is -0.669. The summed E-state index contributed by atoms with van der Waals surface area (Å²) in [6.45, 7) is 0. The van der Waals surface area contributed by atoms with Gasteiger partial charge in [-0.3, -0.25) is 4.79 Å². The number of hydrogen-bond donors (Lipinski definition) is 0. The summed E-state index contributed by atoms with van der Waals surface area (Å²) in [5.41, 5.74) is 0. The number of nitriles is 1. The number of nitrogens with zero attached hydrogens (tertiary/aromatic N) is 1. The first-order valence-electron chi connectivity index (χ1n) is 2.83.